The van der Waals surface area contributed by atoms with Gasteiger partial charge in [-0.1, -0.05) is 40.5 Å². The molecule has 0 radical (unpaired) electrons. The maximum absolute atomic E-state index is 14.8. The molecule has 0 bridgehead atoms. The number of rotatable bonds is 11. The molecule has 1 N–H and O–H groups in total. The zero-order valence-corrected chi connectivity index (χ0v) is 19.1. The molecule has 4 nitrogen and oxygen atoms in total. The van der Waals surface area contributed by atoms with Gasteiger partial charge in [0, 0.05) is 24.3 Å². The summed E-state index contributed by atoms with van der Waals surface area (Å²) in [5.41, 5.74) is 0.289. The van der Waals surface area contributed by atoms with E-state index >= 15 is 0 Å². The first-order valence-electron chi connectivity index (χ1n) is 11.5. The number of amides is 2. The zero-order valence-electron chi connectivity index (χ0n) is 19.1. The van der Waals surface area contributed by atoms with Crippen molar-refractivity contribution in [2.24, 2.45) is 11.8 Å². The van der Waals surface area contributed by atoms with Gasteiger partial charge in [0.25, 0.3) is 0 Å². The Morgan fingerprint density at radius 3 is 2.26 bits per heavy atom. The molecular formula is C25H35F2NO3. The third kappa shape index (κ3) is 6.44. The summed E-state index contributed by atoms with van der Waals surface area (Å²) >= 11 is 0. The average Bonchev–Trinajstić information content (AvgIpc) is 2.71. The summed E-state index contributed by atoms with van der Waals surface area (Å²) < 4.78 is 29.6. The molecule has 1 fully saturated rings. The molecule has 1 saturated heterocycles. The topological polar surface area (TPSA) is 63.2 Å². The molecular weight excluding hydrogens is 400 g/mol. The summed E-state index contributed by atoms with van der Waals surface area (Å²) in [6.45, 7) is 8.04. The lowest BCUT2D eigenvalue weighted by molar-refractivity contribution is -0.134. The van der Waals surface area contributed by atoms with Crippen molar-refractivity contribution in [2.75, 3.05) is 0 Å². The van der Waals surface area contributed by atoms with E-state index in [2.05, 4.69) is 12.2 Å². The highest BCUT2D eigenvalue weighted by Crippen LogP contribution is 2.34. The Hall–Kier alpha value is -2.11. The number of hydrogen-bond acceptors (Lipinski definition) is 3. The Bertz CT molecular complexity index is 785. The van der Waals surface area contributed by atoms with Crippen LogP contribution in [0.1, 0.15) is 102 Å². The van der Waals surface area contributed by atoms with E-state index in [0.29, 0.717) is 17.8 Å². The monoisotopic (exact) mass is 435 g/mol. The average molecular weight is 436 g/mol. The lowest BCUT2D eigenvalue weighted by Gasteiger charge is -2.25. The Labute approximate surface area is 184 Å². The van der Waals surface area contributed by atoms with Gasteiger partial charge in [-0.25, -0.2) is 8.78 Å². The number of halogens is 2. The second kappa shape index (κ2) is 11.5. The van der Waals surface area contributed by atoms with Crippen LogP contribution in [0.25, 0.3) is 0 Å². The normalized spacial score (nSPS) is 19.6. The van der Waals surface area contributed by atoms with Crippen molar-refractivity contribution in [1.29, 1.82) is 0 Å². The van der Waals surface area contributed by atoms with Gasteiger partial charge in [0.2, 0.25) is 11.8 Å². The predicted molar refractivity (Wildman–Crippen MR) is 117 cm³/mol. The Morgan fingerprint density at radius 1 is 1.06 bits per heavy atom. The first kappa shape index (κ1) is 25.2. The van der Waals surface area contributed by atoms with E-state index < -0.39 is 29.4 Å². The SMILES string of the molecule is CCCC(=O)C(C)C(CCC)CCC(C)c1cc(F)c(C2CCC(=O)NC2=O)c(F)c1. The standard InChI is InChI=1S/C25H35F2NO3/c1-5-7-17(16(4)22(29)8-6-2)10-9-15(3)18-13-20(26)24(21(27)14-18)19-11-12-23(30)28-25(19)31/h13-17,19H,5-12H2,1-4H3,(H,28,30,31). The van der Waals surface area contributed by atoms with Crippen LogP contribution in [0, 0.1) is 23.5 Å². The van der Waals surface area contributed by atoms with Crippen molar-refractivity contribution >= 4 is 17.6 Å². The first-order chi connectivity index (χ1) is 14.7. The maximum Gasteiger partial charge on any atom is 0.234 e. The van der Waals surface area contributed by atoms with Gasteiger partial charge in [-0.3, -0.25) is 19.7 Å². The van der Waals surface area contributed by atoms with E-state index in [9.17, 15) is 23.2 Å². The Balaban J connectivity index is 2.11. The summed E-state index contributed by atoms with van der Waals surface area (Å²) in [5, 5.41) is 2.15. The molecule has 4 atom stereocenters. The minimum atomic E-state index is -0.985. The molecule has 1 aromatic carbocycles. The molecule has 31 heavy (non-hydrogen) atoms. The predicted octanol–water partition coefficient (Wildman–Crippen LogP) is 5.79. The summed E-state index contributed by atoms with van der Waals surface area (Å²) in [5.74, 6) is -3.06. The molecule has 172 valence electrons. The van der Waals surface area contributed by atoms with Gasteiger partial charge in [-0.15, -0.1) is 0 Å². The molecule has 0 aromatic heterocycles. The van der Waals surface area contributed by atoms with Crippen LogP contribution in [0.3, 0.4) is 0 Å². The Kier molecular flexibility index (Phi) is 9.32. The molecule has 0 spiro atoms. The highest BCUT2D eigenvalue weighted by Gasteiger charge is 2.33. The van der Waals surface area contributed by atoms with E-state index in [1.165, 1.54) is 12.1 Å². The highest BCUT2D eigenvalue weighted by molar-refractivity contribution is 6.01. The minimum absolute atomic E-state index is 0.00419. The van der Waals surface area contributed by atoms with Crippen molar-refractivity contribution in [3.8, 4) is 0 Å². The van der Waals surface area contributed by atoms with Crippen LogP contribution in [-0.4, -0.2) is 17.6 Å². The third-order valence-corrected chi connectivity index (χ3v) is 6.60. The van der Waals surface area contributed by atoms with E-state index in [4.69, 9.17) is 0 Å². The van der Waals surface area contributed by atoms with E-state index in [0.717, 1.165) is 32.1 Å². The summed E-state index contributed by atoms with van der Waals surface area (Å²) in [6.07, 6.45) is 5.12. The summed E-state index contributed by atoms with van der Waals surface area (Å²) in [4.78, 5) is 35.7. The smallest absolute Gasteiger partial charge is 0.234 e. The third-order valence-electron chi connectivity index (χ3n) is 6.60. The fourth-order valence-electron chi connectivity index (χ4n) is 4.57. The number of carbonyl (C=O) groups is 3. The molecule has 1 aromatic rings. The largest absolute Gasteiger partial charge is 0.299 e. The fourth-order valence-corrected chi connectivity index (χ4v) is 4.57. The second-order valence-electron chi connectivity index (χ2n) is 8.93. The van der Waals surface area contributed by atoms with Crippen LogP contribution in [0.4, 0.5) is 8.78 Å². The molecule has 1 aliphatic heterocycles. The number of piperidine rings is 1. The lowest BCUT2D eigenvalue weighted by Crippen LogP contribution is -2.40. The second-order valence-corrected chi connectivity index (χ2v) is 8.93. The van der Waals surface area contributed by atoms with Crippen LogP contribution in [-0.2, 0) is 14.4 Å². The van der Waals surface area contributed by atoms with Gasteiger partial charge in [0.1, 0.15) is 17.4 Å². The number of hydrogen-bond donors (Lipinski definition) is 1. The van der Waals surface area contributed by atoms with Crippen molar-refractivity contribution in [3.05, 3.63) is 34.9 Å². The highest BCUT2D eigenvalue weighted by atomic mass is 19.1. The Morgan fingerprint density at radius 2 is 1.71 bits per heavy atom. The molecule has 6 heteroatoms. The van der Waals surface area contributed by atoms with Gasteiger partial charge in [-0.05, 0) is 55.2 Å². The van der Waals surface area contributed by atoms with Gasteiger partial charge < -0.3 is 0 Å². The van der Waals surface area contributed by atoms with Crippen LogP contribution < -0.4 is 5.32 Å². The van der Waals surface area contributed by atoms with Crippen molar-refractivity contribution < 1.29 is 23.2 Å². The van der Waals surface area contributed by atoms with E-state index in [1.807, 2.05) is 20.8 Å². The van der Waals surface area contributed by atoms with Crippen LogP contribution >= 0.6 is 0 Å². The number of ketones is 1. The molecule has 0 aliphatic carbocycles. The van der Waals surface area contributed by atoms with Crippen molar-refractivity contribution in [1.82, 2.24) is 5.32 Å². The number of Topliss-reactive ketones (excluding diaryl/α,β-unsaturated/α-hetero) is 1. The van der Waals surface area contributed by atoms with Gasteiger partial charge in [0.15, 0.2) is 0 Å². The van der Waals surface area contributed by atoms with Gasteiger partial charge in [-0.2, -0.15) is 0 Å². The maximum atomic E-state index is 14.8. The number of nitrogens with one attached hydrogen (secondary N) is 1. The minimum Gasteiger partial charge on any atom is -0.299 e. The number of benzene rings is 1. The van der Waals surface area contributed by atoms with E-state index in [1.54, 1.807) is 0 Å². The van der Waals surface area contributed by atoms with Gasteiger partial charge in [0.05, 0.1) is 5.92 Å². The molecule has 2 amide bonds. The van der Waals surface area contributed by atoms with Gasteiger partial charge >= 0.3 is 0 Å². The molecule has 1 aliphatic rings. The zero-order chi connectivity index (χ0) is 23.1. The molecule has 0 saturated carbocycles. The molecule has 4 unspecified atom stereocenters. The lowest BCUT2D eigenvalue weighted by atomic mass is 9.80. The number of imide groups is 1. The van der Waals surface area contributed by atoms with Crippen molar-refractivity contribution in [2.45, 2.75) is 90.9 Å². The fraction of sp³-hybridized carbons (Fsp3) is 0.640. The quantitative estimate of drug-likeness (QED) is 0.448. The molecule has 2 rings (SSSR count). The van der Waals surface area contributed by atoms with E-state index in [-0.39, 0.29) is 36.2 Å². The van der Waals surface area contributed by atoms with Crippen molar-refractivity contribution in [3.63, 3.8) is 0 Å². The molecule has 1 heterocycles. The first-order valence-corrected chi connectivity index (χ1v) is 11.5. The summed E-state index contributed by atoms with van der Waals surface area (Å²) in [7, 11) is 0. The van der Waals surface area contributed by atoms with Crippen LogP contribution in [0.15, 0.2) is 12.1 Å². The van der Waals surface area contributed by atoms with Crippen LogP contribution in [0.5, 0.6) is 0 Å². The van der Waals surface area contributed by atoms with Crippen LogP contribution in [0.2, 0.25) is 0 Å². The number of carbonyl (C=O) groups excluding carboxylic acids is 3. The summed E-state index contributed by atoms with van der Waals surface area (Å²) in [6, 6.07) is 2.63.